The molecule has 0 bridgehead atoms. The zero-order chi connectivity index (χ0) is 20.6. The third kappa shape index (κ3) is 5.77. The van der Waals surface area contributed by atoms with Gasteiger partial charge in [-0.15, -0.1) is 0 Å². The third-order valence-electron chi connectivity index (χ3n) is 4.13. The largest absolute Gasteiger partial charge is 0.343 e. The number of hydrogen-bond acceptors (Lipinski definition) is 3. The normalized spacial score (nSPS) is 10.1. The molecule has 0 atom stereocenters. The second-order valence-electron chi connectivity index (χ2n) is 6.44. The van der Waals surface area contributed by atoms with Crippen molar-refractivity contribution in [2.24, 2.45) is 0 Å². The molecule has 3 amide bonds. The van der Waals surface area contributed by atoms with Crippen molar-refractivity contribution in [1.29, 1.82) is 0 Å². The maximum Gasteiger partial charge on any atom is 0.251 e. The zero-order valence-corrected chi connectivity index (χ0v) is 15.9. The van der Waals surface area contributed by atoms with Crippen LogP contribution in [0.5, 0.6) is 0 Å². The van der Waals surface area contributed by atoms with Crippen LogP contribution >= 0.6 is 0 Å². The van der Waals surface area contributed by atoms with Crippen LogP contribution in [0.3, 0.4) is 0 Å². The minimum atomic E-state index is -0.362. The van der Waals surface area contributed by atoms with E-state index < -0.39 is 0 Å². The minimum absolute atomic E-state index is 0.163. The standard InChI is InChI=1S/C23H21N3O3/c1-16(27)25-20-8-5-9-21(14-20)26-22(28)15-24-23(29)19-12-10-18(11-13-19)17-6-3-2-4-7-17/h2-14H,15H2,1H3,(H,24,29)(H,25,27)(H,26,28). The van der Waals surface area contributed by atoms with E-state index in [0.29, 0.717) is 16.9 Å². The lowest BCUT2D eigenvalue weighted by molar-refractivity contribution is -0.115. The molecule has 0 unspecified atom stereocenters. The van der Waals surface area contributed by atoms with Gasteiger partial charge < -0.3 is 16.0 Å². The Kier molecular flexibility index (Phi) is 6.37. The second kappa shape index (κ2) is 9.32. The fraction of sp³-hybridized carbons (Fsp3) is 0.0870. The van der Waals surface area contributed by atoms with Gasteiger partial charge in [0, 0.05) is 23.9 Å². The van der Waals surface area contributed by atoms with Gasteiger partial charge >= 0.3 is 0 Å². The first-order valence-electron chi connectivity index (χ1n) is 9.12. The Morgan fingerprint density at radius 3 is 2.00 bits per heavy atom. The van der Waals surface area contributed by atoms with Crippen LogP contribution in [0.1, 0.15) is 17.3 Å². The summed E-state index contributed by atoms with van der Waals surface area (Å²) in [5.74, 6) is -0.884. The highest BCUT2D eigenvalue weighted by Gasteiger charge is 2.09. The summed E-state index contributed by atoms with van der Waals surface area (Å²) >= 11 is 0. The Morgan fingerprint density at radius 1 is 0.724 bits per heavy atom. The van der Waals surface area contributed by atoms with Gasteiger partial charge in [0.15, 0.2) is 0 Å². The number of carbonyl (C=O) groups excluding carboxylic acids is 3. The first-order chi connectivity index (χ1) is 14.0. The molecule has 3 rings (SSSR count). The Balaban J connectivity index is 1.54. The van der Waals surface area contributed by atoms with Crippen molar-refractivity contribution in [3.8, 4) is 11.1 Å². The van der Waals surface area contributed by atoms with E-state index in [1.807, 2.05) is 42.5 Å². The van der Waals surface area contributed by atoms with Crippen molar-refractivity contribution < 1.29 is 14.4 Å². The summed E-state index contributed by atoms with van der Waals surface area (Å²) in [7, 11) is 0. The van der Waals surface area contributed by atoms with Gasteiger partial charge in [-0.2, -0.15) is 0 Å². The average molecular weight is 387 g/mol. The van der Waals surface area contributed by atoms with E-state index in [1.165, 1.54) is 6.92 Å². The molecule has 0 aliphatic heterocycles. The van der Waals surface area contributed by atoms with Crippen LogP contribution in [0.2, 0.25) is 0 Å². The zero-order valence-electron chi connectivity index (χ0n) is 15.9. The fourth-order valence-electron chi connectivity index (χ4n) is 2.79. The molecule has 0 saturated heterocycles. The molecule has 0 aliphatic carbocycles. The van der Waals surface area contributed by atoms with Crippen LogP contribution in [-0.4, -0.2) is 24.3 Å². The Labute approximate surface area is 169 Å². The van der Waals surface area contributed by atoms with E-state index >= 15 is 0 Å². The molecule has 0 aliphatic rings. The number of anilines is 2. The lowest BCUT2D eigenvalue weighted by atomic mass is 10.0. The lowest BCUT2D eigenvalue weighted by Gasteiger charge is -2.09. The molecular weight excluding hydrogens is 366 g/mol. The van der Waals surface area contributed by atoms with E-state index in [2.05, 4.69) is 16.0 Å². The Bertz CT molecular complexity index is 1020. The topological polar surface area (TPSA) is 87.3 Å². The highest BCUT2D eigenvalue weighted by atomic mass is 16.2. The van der Waals surface area contributed by atoms with Crippen molar-refractivity contribution >= 4 is 29.1 Å². The van der Waals surface area contributed by atoms with E-state index in [-0.39, 0.29) is 24.3 Å². The number of nitrogens with one attached hydrogen (secondary N) is 3. The molecule has 3 aromatic rings. The van der Waals surface area contributed by atoms with E-state index in [1.54, 1.807) is 36.4 Å². The lowest BCUT2D eigenvalue weighted by Crippen LogP contribution is -2.32. The molecule has 146 valence electrons. The molecule has 6 nitrogen and oxygen atoms in total. The summed E-state index contributed by atoms with van der Waals surface area (Å²) < 4.78 is 0. The molecule has 0 aromatic heterocycles. The Morgan fingerprint density at radius 2 is 1.34 bits per heavy atom. The van der Waals surface area contributed by atoms with Gasteiger partial charge in [-0.05, 0) is 41.5 Å². The minimum Gasteiger partial charge on any atom is -0.343 e. The molecule has 6 heteroatoms. The predicted octanol–water partition coefficient (Wildman–Crippen LogP) is 3.68. The van der Waals surface area contributed by atoms with Gasteiger partial charge in [-0.3, -0.25) is 14.4 Å². The molecular formula is C23H21N3O3. The van der Waals surface area contributed by atoms with Crippen LogP contribution in [0.15, 0.2) is 78.9 Å². The number of benzene rings is 3. The van der Waals surface area contributed by atoms with E-state index in [0.717, 1.165) is 11.1 Å². The highest BCUT2D eigenvalue weighted by Crippen LogP contribution is 2.19. The molecule has 3 aromatic carbocycles. The average Bonchev–Trinajstić information content (AvgIpc) is 2.72. The maximum absolute atomic E-state index is 12.3. The van der Waals surface area contributed by atoms with Crippen LogP contribution in [0.4, 0.5) is 11.4 Å². The summed E-state index contributed by atoms with van der Waals surface area (Å²) in [4.78, 5) is 35.5. The second-order valence-corrected chi connectivity index (χ2v) is 6.44. The summed E-state index contributed by atoms with van der Waals surface area (Å²) in [5.41, 5.74) is 3.67. The van der Waals surface area contributed by atoms with Crippen LogP contribution in [0, 0.1) is 0 Å². The Hall–Kier alpha value is -3.93. The van der Waals surface area contributed by atoms with E-state index in [4.69, 9.17) is 0 Å². The quantitative estimate of drug-likeness (QED) is 0.603. The number of carbonyl (C=O) groups is 3. The molecule has 0 radical (unpaired) electrons. The van der Waals surface area contributed by atoms with Crippen molar-refractivity contribution in [1.82, 2.24) is 5.32 Å². The number of hydrogen-bond donors (Lipinski definition) is 3. The van der Waals surface area contributed by atoms with Gasteiger partial charge in [-0.1, -0.05) is 48.5 Å². The van der Waals surface area contributed by atoms with Gasteiger partial charge in [0.05, 0.1) is 6.54 Å². The van der Waals surface area contributed by atoms with Crippen molar-refractivity contribution in [2.75, 3.05) is 17.2 Å². The molecule has 0 heterocycles. The summed E-state index contributed by atoms with van der Waals surface area (Å²) in [6.45, 7) is 1.25. The SMILES string of the molecule is CC(=O)Nc1cccc(NC(=O)CNC(=O)c2ccc(-c3ccccc3)cc2)c1. The molecule has 0 fully saturated rings. The van der Waals surface area contributed by atoms with Crippen molar-refractivity contribution in [2.45, 2.75) is 6.92 Å². The predicted molar refractivity (Wildman–Crippen MR) is 114 cm³/mol. The van der Waals surface area contributed by atoms with E-state index in [9.17, 15) is 14.4 Å². The molecule has 29 heavy (non-hydrogen) atoms. The number of rotatable bonds is 6. The first-order valence-corrected chi connectivity index (χ1v) is 9.12. The summed E-state index contributed by atoms with van der Waals surface area (Å²) in [6, 6.07) is 23.9. The van der Waals surface area contributed by atoms with Crippen LogP contribution in [-0.2, 0) is 9.59 Å². The summed E-state index contributed by atoms with van der Waals surface area (Å²) in [5, 5.41) is 7.94. The van der Waals surface area contributed by atoms with Crippen LogP contribution in [0.25, 0.3) is 11.1 Å². The molecule has 0 saturated carbocycles. The fourth-order valence-corrected chi connectivity index (χ4v) is 2.79. The van der Waals surface area contributed by atoms with Crippen LogP contribution < -0.4 is 16.0 Å². The van der Waals surface area contributed by atoms with Gasteiger partial charge in [0.1, 0.15) is 0 Å². The smallest absolute Gasteiger partial charge is 0.251 e. The van der Waals surface area contributed by atoms with Crippen molar-refractivity contribution in [3.05, 3.63) is 84.4 Å². The van der Waals surface area contributed by atoms with Gasteiger partial charge in [0.2, 0.25) is 11.8 Å². The third-order valence-corrected chi connectivity index (χ3v) is 4.13. The summed E-state index contributed by atoms with van der Waals surface area (Å²) in [6.07, 6.45) is 0. The highest BCUT2D eigenvalue weighted by molar-refractivity contribution is 6.00. The van der Waals surface area contributed by atoms with Gasteiger partial charge in [-0.25, -0.2) is 0 Å². The molecule has 3 N–H and O–H groups in total. The van der Waals surface area contributed by atoms with Crippen molar-refractivity contribution in [3.63, 3.8) is 0 Å². The number of amides is 3. The maximum atomic E-state index is 12.3. The first kappa shape index (κ1) is 19.8. The monoisotopic (exact) mass is 387 g/mol. The van der Waals surface area contributed by atoms with Gasteiger partial charge in [0.25, 0.3) is 5.91 Å². The molecule has 0 spiro atoms.